The summed E-state index contributed by atoms with van der Waals surface area (Å²) in [5.41, 5.74) is 7.96. The highest BCUT2D eigenvalue weighted by molar-refractivity contribution is 5.94. The molecule has 0 radical (unpaired) electrons. The van der Waals surface area contributed by atoms with E-state index >= 15 is 0 Å². The van der Waals surface area contributed by atoms with Gasteiger partial charge in [-0.2, -0.15) is 0 Å². The van der Waals surface area contributed by atoms with E-state index in [0.717, 1.165) is 61.2 Å². The van der Waals surface area contributed by atoms with Crippen molar-refractivity contribution in [2.24, 2.45) is 22.6 Å². The molecule has 0 amide bonds. The first kappa shape index (κ1) is 21.3. The Morgan fingerprint density at radius 1 is 1.06 bits per heavy atom. The summed E-state index contributed by atoms with van der Waals surface area (Å²) >= 11 is 0. The van der Waals surface area contributed by atoms with E-state index in [1.807, 2.05) is 30.3 Å². The van der Waals surface area contributed by atoms with Crippen molar-refractivity contribution in [3.63, 3.8) is 0 Å². The Bertz CT molecular complexity index is 885. The lowest BCUT2D eigenvalue weighted by molar-refractivity contribution is 0.174. The van der Waals surface area contributed by atoms with Crippen LogP contribution in [0.25, 0.3) is 0 Å². The zero-order chi connectivity index (χ0) is 21.5. The van der Waals surface area contributed by atoms with Crippen LogP contribution >= 0.6 is 0 Å². The summed E-state index contributed by atoms with van der Waals surface area (Å²) in [6.07, 6.45) is 5.68. The van der Waals surface area contributed by atoms with Crippen molar-refractivity contribution in [2.75, 3.05) is 31.7 Å². The fraction of sp³-hybridized carbons (Fsp3) is 0.458. The van der Waals surface area contributed by atoms with Crippen molar-refractivity contribution in [2.45, 2.75) is 32.1 Å². The molecule has 4 rings (SSSR count). The van der Waals surface area contributed by atoms with Crippen LogP contribution in [0.5, 0.6) is 17.2 Å². The van der Waals surface area contributed by atoms with Crippen LogP contribution in [-0.4, -0.2) is 37.5 Å². The molecule has 0 spiro atoms. The second kappa shape index (κ2) is 10.4. The lowest BCUT2D eigenvalue weighted by Gasteiger charge is -2.27. The summed E-state index contributed by atoms with van der Waals surface area (Å²) in [6, 6.07) is 13.1. The molecule has 2 aromatic carbocycles. The Balaban J connectivity index is 1.39. The van der Waals surface area contributed by atoms with Crippen molar-refractivity contribution in [3.8, 4) is 17.2 Å². The molecule has 0 aromatic heterocycles. The fourth-order valence-corrected chi connectivity index (χ4v) is 4.24. The number of aromatic hydroxyl groups is 1. The van der Waals surface area contributed by atoms with Gasteiger partial charge in [-0.05, 0) is 73.9 Å². The third-order valence-corrected chi connectivity index (χ3v) is 6.01. The van der Waals surface area contributed by atoms with Gasteiger partial charge in [-0.25, -0.2) is 0 Å². The molecule has 2 aliphatic rings. The second-order valence-corrected chi connectivity index (χ2v) is 8.36. The molecule has 2 atom stereocenters. The molecule has 31 heavy (non-hydrogen) atoms. The van der Waals surface area contributed by atoms with E-state index in [0.29, 0.717) is 11.8 Å². The summed E-state index contributed by atoms with van der Waals surface area (Å²) in [5, 5.41) is 16.3. The standard InChI is InChI=1S/C24H32N4O3/c25-14-18-2-1-3-19(12-18)15-27-24(26-11-10-17-4-7-21(29)8-5-17)28-20-6-9-22-23(13-20)31-16-30-22/h4-9,13,18-19,29H,1-3,10-12,14-16,25H2,(H2,26,27,28). The van der Waals surface area contributed by atoms with Crippen LogP contribution < -0.4 is 25.8 Å². The number of nitrogens with one attached hydrogen (secondary N) is 2. The molecule has 2 aromatic rings. The van der Waals surface area contributed by atoms with Crippen LogP contribution in [-0.2, 0) is 6.42 Å². The molecule has 0 saturated heterocycles. The van der Waals surface area contributed by atoms with Crippen molar-refractivity contribution in [1.29, 1.82) is 0 Å². The van der Waals surface area contributed by atoms with Gasteiger partial charge in [0.2, 0.25) is 6.79 Å². The maximum Gasteiger partial charge on any atom is 0.231 e. The van der Waals surface area contributed by atoms with Crippen LogP contribution in [0, 0.1) is 11.8 Å². The molecule has 5 N–H and O–H groups in total. The predicted molar refractivity (Wildman–Crippen MR) is 123 cm³/mol. The highest BCUT2D eigenvalue weighted by atomic mass is 16.7. The highest BCUT2D eigenvalue weighted by Crippen LogP contribution is 2.34. The van der Waals surface area contributed by atoms with Gasteiger partial charge in [0.25, 0.3) is 0 Å². The van der Waals surface area contributed by atoms with Crippen LogP contribution in [0.2, 0.25) is 0 Å². The van der Waals surface area contributed by atoms with Gasteiger partial charge < -0.3 is 30.9 Å². The Kier molecular flexibility index (Phi) is 7.14. The van der Waals surface area contributed by atoms with Crippen molar-refractivity contribution in [1.82, 2.24) is 5.32 Å². The van der Waals surface area contributed by atoms with Crippen LogP contribution in [0.3, 0.4) is 0 Å². The lowest BCUT2D eigenvalue weighted by Crippen LogP contribution is -2.33. The lowest BCUT2D eigenvalue weighted by atomic mass is 9.81. The molecule has 1 fully saturated rings. The smallest absolute Gasteiger partial charge is 0.231 e. The van der Waals surface area contributed by atoms with Crippen molar-refractivity contribution in [3.05, 3.63) is 48.0 Å². The number of ether oxygens (including phenoxy) is 2. The highest BCUT2D eigenvalue weighted by Gasteiger charge is 2.21. The first-order valence-electron chi connectivity index (χ1n) is 11.1. The van der Waals surface area contributed by atoms with Gasteiger partial charge in [-0.3, -0.25) is 4.99 Å². The van der Waals surface area contributed by atoms with Gasteiger partial charge in [0.05, 0.1) is 0 Å². The topological polar surface area (TPSA) is 101 Å². The quantitative estimate of drug-likeness (QED) is 0.401. The number of phenolic OH excluding ortho intramolecular Hbond substituents is 1. The number of fused-ring (bicyclic) bond motifs is 1. The zero-order valence-corrected chi connectivity index (χ0v) is 17.8. The minimum atomic E-state index is 0.259. The van der Waals surface area contributed by atoms with E-state index in [-0.39, 0.29) is 12.5 Å². The number of hydrogen-bond acceptors (Lipinski definition) is 5. The summed E-state index contributed by atoms with van der Waals surface area (Å²) in [7, 11) is 0. The minimum absolute atomic E-state index is 0.259. The van der Waals surface area contributed by atoms with Gasteiger partial charge in [-0.15, -0.1) is 0 Å². The molecule has 1 aliphatic heterocycles. The Hall–Kier alpha value is -2.93. The molecule has 0 bridgehead atoms. The number of phenols is 1. The van der Waals surface area contributed by atoms with Gasteiger partial charge in [-0.1, -0.05) is 18.6 Å². The molecule has 1 aliphatic carbocycles. The first-order chi connectivity index (χ1) is 15.2. The SMILES string of the molecule is NCC1CCCC(CN=C(NCCc2ccc(O)cc2)Nc2ccc3c(c2)OCO3)C1. The Morgan fingerprint density at radius 2 is 1.87 bits per heavy atom. The molecule has 2 unspecified atom stereocenters. The van der Waals surface area contributed by atoms with E-state index in [4.69, 9.17) is 20.2 Å². The van der Waals surface area contributed by atoms with E-state index < -0.39 is 0 Å². The molecule has 166 valence electrons. The number of anilines is 1. The van der Waals surface area contributed by atoms with E-state index in [1.165, 1.54) is 19.3 Å². The Labute approximate surface area is 183 Å². The summed E-state index contributed by atoms with van der Waals surface area (Å²) in [4.78, 5) is 4.89. The number of nitrogens with zero attached hydrogens (tertiary/aromatic N) is 1. The summed E-state index contributed by atoms with van der Waals surface area (Å²) < 4.78 is 10.9. The van der Waals surface area contributed by atoms with Gasteiger partial charge in [0, 0.05) is 24.8 Å². The third-order valence-electron chi connectivity index (χ3n) is 6.01. The van der Waals surface area contributed by atoms with Gasteiger partial charge in [0.1, 0.15) is 5.75 Å². The number of rotatable bonds is 7. The number of guanidine groups is 1. The van der Waals surface area contributed by atoms with Crippen LogP contribution in [0.1, 0.15) is 31.2 Å². The predicted octanol–water partition coefficient (Wildman–Crippen LogP) is 3.49. The normalized spacial score (nSPS) is 20.5. The largest absolute Gasteiger partial charge is 0.508 e. The third kappa shape index (κ3) is 6.04. The molecule has 7 heteroatoms. The number of nitrogens with two attached hydrogens (primary N) is 1. The zero-order valence-electron chi connectivity index (χ0n) is 17.8. The Morgan fingerprint density at radius 3 is 2.71 bits per heavy atom. The first-order valence-corrected chi connectivity index (χ1v) is 11.1. The average molecular weight is 425 g/mol. The molecular weight excluding hydrogens is 392 g/mol. The average Bonchev–Trinajstić information content (AvgIpc) is 3.27. The molecular formula is C24H32N4O3. The summed E-state index contributed by atoms with van der Waals surface area (Å²) in [6.45, 7) is 2.55. The summed E-state index contributed by atoms with van der Waals surface area (Å²) in [5.74, 6) is 3.75. The number of aliphatic imine (C=N–C) groups is 1. The molecule has 7 nitrogen and oxygen atoms in total. The van der Waals surface area contributed by atoms with E-state index in [2.05, 4.69) is 10.6 Å². The van der Waals surface area contributed by atoms with E-state index in [1.54, 1.807) is 12.1 Å². The monoisotopic (exact) mass is 424 g/mol. The van der Waals surface area contributed by atoms with Crippen LogP contribution in [0.15, 0.2) is 47.5 Å². The van der Waals surface area contributed by atoms with Crippen molar-refractivity contribution >= 4 is 11.6 Å². The van der Waals surface area contributed by atoms with Gasteiger partial charge in [0.15, 0.2) is 17.5 Å². The fourth-order valence-electron chi connectivity index (χ4n) is 4.24. The minimum Gasteiger partial charge on any atom is -0.508 e. The van der Waals surface area contributed by atoms with Crippen molar-refractivity contribution < 1.29 is 14.6 Å². The van der Waals surface area contributed by atoms with Crippen LogP contribution in [0.4, 0.5) is 5.69 Å². The maximum absolute atomic E-state index is 9.46. The molecule has 1 saturated carbocycles. The number of hydrogen-bond donors (Lipinski definition) is 4. The molecule has 1 heterocycles. The maximum atomic E-state index is 9.46. The van der Waals surface area contributed by atoms with Gasteiger partial charge >= 0.3 is 0 Å². The van der Waals surface area contributed by atoms with E-state index in [9.17, 15) is 5.11 Å². The second-order valence-electron chi connectivity index (χ2n) is 8.36. The number of benzene rings is 2.